The normalized spacial score (nSPS) is 13.6. The molecule has 1 atom stereocenters. The van der Waals surface area contributed by atoms with Gasteiger partial charge in [0.1, 0.15) is 23.9 Å². The summed E-state index contributed by atoms with van der Waals surface area (Å²) in [4.78, 5) is 0. The fraction of sp³-hybridized carbons (Fsp3) is 0.0952. The van der Waals surface area contributed by atoms with Gasteiger partial charge in [-0.1, -0.05) is 18.2 Å². The number of hydrogen-bond donors (Lipinski definition) is 1. The number of halogens is 3. The molecule has 1 heterocycles. The molecule has 1 N–H and O–H groups in total. The summed E-state index contributed by atoms with van der Waals surface area (Å²) in [6, 6.07) is 16.0. The Morgan fingerprint density at radius 3 is 2.33 bits per heavy atom. The highest BCUT2D eigenvalue weighted by Crippen LogP contribution is 2.33. The Balaban J connectivity index is 1.81. The highest BCUT2D eigenvalue weighted by molar-refractivity contribution is 5.81. The van der Waals surface area contributed by atoms with Crippen LogP contribution >= 0.6 is 0 Å². The van der Waals surface area contributed by atoms with Crippen LogP contribution in [0.4, 0.5) is 13.2 Å². The van der Waals surface area contributed by atoms with Gasteiger partial charge < -0.3 is 5.11 Å². The monoisotopic (exact) mass is 368 g/mol. The van der Waals surface area contributed by atoms with Gasteiger partial charge in [-0.25, -0.2) is 17.9 Å². The van der Waals surface area contributed by atoms with Crippen molar-refractivity contribution >= 4 is 10.9 Å². The maximum atomic E-state index is 13.8. The SMILES string of the molecule is OC(CF)(c1cccc(F)c1)c1ccc2c(cnn2-c2ccc(F)cc2)c1. The molecule has 3 nitrogen and oxygen atoms in total. The molecule has 4 rings (SSSR count). The van der Waals surface area contributed by atoms with E-state index in [4.69, 9.17) is 0 Å². The van der Waals surface area contributed by atoms with Gasteiger partial charge in [0.15, 0.2) is 0 Å². The predicted octanol–water partition coefficient (Wildman–Crippen LogP) is 4.51. The summed E-state index contributed by atoms with van der Waals surface area (Å²) in [5.41, 5.74) is -0.151. The summed E-state index contributed by atoms with van der Waals surface area (Å²) in [7, 11) is 0. The fourth-order valence-corrected chi connectivity index (χ4v) is 3.14. The Bertz CT molecular complexity index is 1110. The minimum Gasteiger partial charge on any atom is -0.378 e. The molecule has 27 heavy (non-hydrogen) atoms. The smallest absolute Gasteiger partial charge is 0.143 e. The van der Waals surface area contributed by atoms with E-state index in [-0.39, 0.29) is 11.4 Å². The summed E-state index contributed by atoms with van der Waals surface area (Å²) in [5.74, 6) is -0.898. The highest BCUT2D eigenvalue weighted by Gasteiger charge is 2.32. The quantitative estimate of drug-likeness (QED) is 0.576. The minimum atomic E-state index is -1.96. The van der Waals surface area contributed by atoms with Crippen molar-refractivity contribution < 1.29 is 18.3 Å². The third-order valence-corrected chi connectivity index (χ3v) is 4.61. The van der Waals surface area contributed by atoms with Gasteiger partial charge in [-0.05, 0) is 59.7 Å². The summed E-state index contributed by atoms with van der Waals surface area (Å²) in [6.45, 7) is -1.10. The van der Waals surface area contributed by atoms with Crippen molar-refractivity contribution in [3.05, 3.63) is 95.7 Å². The molecule has 0 saturated heterocycles. The van der Waals surface area contributed by atoms with E-state index in [1.807, 2.05) is 0 Å². The van der Waals surface area contributed by atoms with Crippen molar-refractivity contribution in [2.75, 3.05) is 6.67 Å². The molecular formula is C21H15F3N2O. The summed E-state index contributed by atoms with van der Waals surface area (Å²) in [6.07, 6.45) is 1.58. The molecule has 0 aliphatic heterocycles. The average molecular weight is 368 g/mol. The van der Waals surface area contributed by atoms with Crippen LogP contribution in [0.1, 0.15) is 11.1 Å². The molecule has 1 unspecified atom stereocenters. The van der Waals surface area contributed by atoms with Crippen LogP contribution in [0.5, 0.6) is 0 Å². The lowest BCUT2D eigenvalue weighted by molar-refractivity contribution is 0.0516. The van der Waals surface area contributed by atoms with Crippen LogP contribution in [-0.2, 0) is 5.60 Å². The van der Waals surface area contributed by atoms with Gasteiger partial charge in [-0.3, -0.25) is 0 Å². The standard InChI is InChI=1S/C21H15F3N2O/c22-13-21(27,15-2-1-3-18(24)11-15)16-4-9-20-14(10-16)12-25-26(20)19-7-5-17(23)6-8-19/h1-12,27H,13H2. The van der Waals surface area contributed by atoms with Crippen molar-refractivity contribution in [2.24, 2.45) is 0 Å². The molecule has 0 radical (unpaired) electrons. The number of benzene rings is 3. The Kier molecular flexibility index (Phi) is 4.20. The molecule has 1 aromatic heterocycles. The third-order valence-electron chi connectivity index (χ3n) is 4.61. The molecule has 0 bridgehead atoms. The summed E-state index contributed by atoms with van der Waals surface area (Å²) >= 11 is 0. The molecule has 0 fully saturated rings. The van der Waals surface area contributed by atoms with E-state index in [2.05, 4.69) is 5.10 Å². The Morgan fingerprint density at radius 1 is 0.889 bits per heavy atom. The van der Waals surface area contributed by atoms with Gasteiger partial charge in [0, 0.05) is 5.39 Å². The Hall–Kier alpha value is -3.12. The van der Waals surface area contributed by atoms with Crippen molar-refractivity contribution in [2.45, 2.75) is 5.60 Å². The van der Waals surface area contributed by atoms with Crippen LogP contribution in [0.25, 0.3) is 16.6 Å². The fourth-order valence-electron chi connectivity index (χ4n) is 3.14. The second-order valence-corrected chi connectivity index (χ2v) is 6.31. The van der Waals surface area contributed by atoms with Gasteiger partial charge in [0.25, 0.3) is 0 Å². The lowest BCUT2D eigenvalue weighted by Gasteiger charge is -2.26. The molecule has 0 aliphatic rings. The van der Waals surface area contributed by atoms with Gasteiger partial charge in [0.2, 0.25) is 0 Å². The highest BCUT2D eigenvalue weighted by atomic mass is 19.1. The first-order valence-corrected chi connectivity index (χ1v) is 8.30. The number of alkyl halides is 1. The molecule has 0 spiro atoms. The lowest BCUT2D eigenvalue weighted by Crippen LogP contribution is -2.29. The number of aliphatic hydroxyl groups is 1. The molecular weight excluding hydrogens is 353 g/mol. The number of fused-ring (bicyclic) bond motifs is 1. The first kappa shape index (κ1) is 17.3. The van der Waals surface area contributed by atoms with Gasteiger partial charge in [0.05, 0.1) is 17.4 Å². The van der Waals surface area contributed by atoms with Crippen LogP contribution in [0.3, 0.4) is 0 Å². The number of rotatable bonds is 4. The third kappa shape index (κ3) is 2.98. The average Bonchev–Trinajstić information content (AvgIpc) is 3.11. The zero-order valence-corrected chi connectivity index (χ0v) is 14.1. The molecule has 136 valence electrons. The zero-order chi connectivity index (χ0) is 19.0. The second kappa shape index (κ2) is 6.55. The molecule has 0 saturated carbocycles. The molecule has 3 aromatic carbocycles. The maximum Gasteiger partial charge on any atom is 0.143 e. The van der Waals surface area contributed by atoms with E-state index in [0.717, 1.165) is 6.07 Å². The van der Waals surface area contributed by atoms with E-state index in [1.54, 1.807) is 41.2 Å². The van der Waals surface area contributed by atoms with Crippen molar-refractivity contribution in [1.82, 2.24) is 9.78 Å². The van der Waals surface area contributed by atoms with Gasteiger partial charge in [-0.2, -0.15) is 5.10 Å². The van der Waals surface area contributed by atoms with Crippen LogP contribution in [0.15, 0.2) is 72.9 Å². The van der Waals surface area contributed by atoms with E-state index in [9.17, 15) is 18.3 Å². The topological polar surface area (TPSA) is 38.1 Å². The van der Waals surface area contributed by atoms with Crippen LogP contribution in [0, 0.1) is 11.6 Å². The molecule has 6 heteroatoms. The predicted molar refractivity (Wildman–Crippen MR) is 96.4 cm³/mol. The number of hydrogen-bond acceptors (Lipinski definition) is 2. The van der Waals surface area contributed by atoms with Crippen LogP contribution < -0.4 is 0 Å². The van der Waals surface area contributed by atoms with Crippen molar-refractivity contribution in [1.29, 1.82) is 0 Å². The van der Waals surface area contributed by atoms with Crippen molar-refractivity contribution in [3.63, 3.8) is 0 Å². The van der Waals surface area contributed by atoms with Crippen LogP contribution in [-0.4, -0.2) is 21.6 Å². The van der Waals surface area contributed by atoms with Gasteiger partial charge in [-0.15, -0.1) is 0 Å². The van der Waals surface area contributed by atoms with E-state index < -0.39 is 18.1 Å². The van der Waals surface area contributed by atoms with Gasteiger partial charge >= 0.3 is 0 Å². The first-order chi connectivity index (χ1) is 13.0. The number of aromatic nitrogens is 2. The zero-order valence-electron chi connectivity index (χ0n) is 14.1. The molecule has 4 aromatic rings. The lowest BCUT2D eigenvalue weighted by atomic mass is 9.87. The largest absolute Gasteiger partial charge is 0.378 e. The van der Waals surface area contributed by atoms with E-state index >= 15 is 0 Å². The van der Waals surface area contributed by atoms with E-state index in [0.29, 0.717) is 22.2 Å². The first-order valence-electron chi connectivity index (χ1n) is 8.30. The Morgan fingerprint density at radius 2 is 1.63 bits per heavy atom. The van der Waals surface area contributed by atoms with Crippen LogP contribution in [0.2, 0.25) is 0 Å². The molecule has 0 aliphatic carbocycles. The minimum absolute atomic E-state index is 0.135. The summed E-state index contributed by atoms with van der Waals surface area (Å²) < 4.78 is 42.1. The number of nitrogens with zero attached hydrogens (tertiary/aromatic N) is 2. The van der Waals surface area contributed by atoms with E-state index in [1.165, 1.54) is 30.3 Å². The second-order valence-electron chi connectivity index (χ2n) is 6.31. The summed E-state index contributed by atoms with van der Waals surface area (Å²) in [5, 5.41) is 15.8. The maximum absolute atomic E-state index is 13.8. The molecule has 0 amide bonds. The Labute approximate surface area is 153 Å². The van der Waals surface area contributed by atoms with Crippen molar-refractivity contribution in [3.8, 4) is 5.69 Å².